The molecular formula is C9H11F3N2. The monoisotopic (exact) mass is 204 g/mol. The van der Waals surface area contributed by atoms with Gasteiger partial charge in [-0.3, -0.25) is 4.98 Å². The predicted octanol–water partition coefficient (Wildman–Crippen LogP) is 2.62. The van der Waals surface area contributed by atoms with Gasteiger partial charge in [-0.05, 0) is 18.6 Å². The van der Waals surface area contributed by atoms with Crippen LogP contribution in [0, 0.1) is 0 Å². The lowest BCUT2D eigenvalue weighted by Crippen LogP contribution is -2.09. The Kier molecular flexibility index (Phi) is 3.33. The number of hydrogen-bond acceptors (Lipinski definition) is 2. The van der Waals surface area contributed by atoms with Crippen LogP contribution >= 0.6 is 0 Å². The normalized spacial score (nSPS) is 11.4. The molecule has 0 bridgehead atoms. The Morgan fingerprint density at radius 3 is 2.71 bits per heavy atom. The molecule has 5 heteroatoms. The fourth-order valence-electron chi connectivity index (χ4n) is 1.04. The van der Waals surface area contributed by atoms with Gasteiger partial charge < -0.3 is 5.32 Å². The van der Waals surface area contributed by atoms with Crippen LogP contribution in [-0.4, -0.2) is 18.2 Å². The van der Waals surface area contributed by atoms with E-state index in [1.807, 2.05) is 0 Å². The van der Waals surface area contributed by atoms with Gasteiger partial charge in [-0.1, -0.05) is 0 Å². The van der Waals surface area contributed by atoms with Gasteiger partial charge in [-0.25, -0.2) is 0 Å². The van der Waals surface area contributed by atoms with Gasteiger partial charge in [-0.15, -0.1) is 0 Å². The van der Waals surface area contributed by atoms with E-state index < -0.39 is 12.6 Å². The van der Waals surface area contributed by atoms with Crippen LogP contribution in [0.15, 0.2) is 18.3 Å². The zero-order valence-corrected chi connectivity index (χ0v) is 7.73. The molecule has 1 aromatic rings. The van der Waals surface area contributed by atoms with Gasteiger partial charge in [0.2, 0.25) is 0 Å². The third kappa shape index (κ3) is 3.64. The molecule has 0 atom stereocenters. The topological polar surface area (TPSA) is 24.9 Å². The number of halogens is 3. The molecular weight excluding hydrogens is 193 g/mol. The fourth-order valence-corrected chi connectivity index (χ4v) is 1.04. The number of anilines is 1. The molecule has 0 aliphatic heterocycles. The third-order valence-electron chi connectivity index (χ3n) is 1.77. The lowest BCUT2D eigenvalue weighted by molar-refractivity contribution is -0.134. The minimum absolute atomic E-state index is 0.0704. The number of aromatic nitrogens is 1. The average molecular weight is 204 g/mol. The second kappa shape index (κ2) is 4.30. The van der Waals surface area contributed by atoms with Crippen LogP contribution in [-0.2, 0) is 6.42 Å². The Bertz CT molecular complexity index is 296. The largest absolute Gasteiger partial charge is 0.389 e. The molecule has 0 saturated carbocycles. The molecule has 1 aromatic heterocycles. The van der Waals surface area contributed by atoms with Crippen LogP contribution in [0.1, 0.15) is 12.1 Å². The van der Waals surface area contributed by atoms with Crippen molar-refractivity contribution in [2.45, 2.75) is 19.0 Å². The first-order chi connectivity index (χ1) is 6.51. The summed E-state index contributed by atoms with van der Waals surface area (Å²) in [6.45, 7) is 0. The number of nitrogens with zero attached hydrogens (tertiary/aromatic N) is 1. The maximum atomic E-state index is 11.9. The van der Waals surface area contributed by atoms with Crippen LogP contribution < -0.4 is 5.32 Å². The minimum atomic E-state index is -4.11. The molecule has 0 spiro atoms. The molecule has 0 amide bonds. The molecule has 0 fully saturated rings. The Morgan fingerprint density at radius 1 is 1.43 bits per heavy atom. The number of aryl methyl sites for hydroxylation is 1. The second-order valence-corrected chi connectivity index (χ2v) is 2.90. The quantitative estimate of drug-likeness (QED) is 0.818. The summed E-state index contributed by atoms with van der Waals surface area (Å²) in [6, 6.07) is 3.32. The summed E-state index contributed by atoms with van der Waals surface area (Å²) in [5.74, 6) is 0. The standard InChI is InChI=1S/C9H11F3N2/c1-13-7-3-5-14-8(6-7)2-4-9(10,11)12/h3,5-6H,2,4H2,1H3,(H,13,14). The Morgan fingerprint density at radius 2 is 2.14 bits per heavy atom. The highest BCUT2D eigenvalue weighted by molar-refractivity contribution is 5.42. The van der Waals surface area contributed by atoms with Crippen LogP contribution in [0.3, 0.4) is 0 Å². The lowest BCUT2D eigenvalue weighted by atomic mass is 10.2. The lowest BCUT2D eigenvalue weighted by Gasteiger charge is -2.06. The van der Waals surface area contributed by atoms with E-state index >= 15 is 0 Å². The van der Waals surface area contributed by atoms with Crippen LogP contribution in [0.5, 0.6) is 0 Å². The summed E-state index contributed by atoms with van der Waals surface area (Å²) < 4.78 is 35.6. The number of pyridine rings is 1. The van der Waals surface area contributed by atoms with Gasteiger partial charge >= 0.3 is 6.18 Å². The van der Waals surface area contributed by atoms with Gasteiger partial charge in [-0.2, -0.15) is 13.2 Å². The Balaban J connectivity index is 2.59. The molecule has 14 heavy (non-hydrogen) atoms. The first kappa shape index (κ1) is 10.8. The van der Waals surface area contributed by atoms with Crippen LogP contribution in [0.2, 0.25) is 0 Å². The Hall–Kier alpha value is -1.26. The highest BCUT2D eigenvalue weighted by Crippen LogP contribution is 2.22. The first-order valence-corrected chi connectivity index (χ1v) is 4.21. The smallest absolute Gasteiger partial charge is 0.388 e. The highest BCUT2D eigenvalue weighted by atomic mass is 19.4. The first-order valence-electron chi connectivity index (χ1n) is 4.21. The van der Waals surface area contributed by atoms with E-state index in [4.69, 9.17) is 0 Å². The molecule has 0 aliphatic carbocycles. The van der Waals surface area contributed by atoms with Crippen molar-refractivity contribution in [2.24, 2.45) is 0 Å². The van der Waals surface area contributed by atoms with Crippen LogP contribution in [0.4, 0.5) is 18.9 Å². The second-order valence-electron chi connectivity index (χ2n) is 2.90. The zero-order chi connectivity index (χ0) is 10.6. The molecule has 0 aliphatic rings. The van der Waals surface area contributed by atoms with E-state index in [0.717, 1.165) is 5.69 Å². The van der Waals surface area contributed by atoms with E-state index in [1.165, 1.54) is 6.20 Å². The van der Waals surface area contributed by atoms with E-state index in [9.17, 15) is 13.2 Å². The van der Waals surface area contributed by atoms with Crippen molar-refractivity contribution in [1.82, 2.24) is 4.98 Å². The van der Waals surface area contributed by atoms with Gasteiger partial charge in [0, 0.05) is 31.0 Å². The summed E-state index contributed by atoms with van der Waals surface area (Å²) in [6.07, 6.45) is -3.51. The van der Waals surface area contributed by atoms with Gasteiger partial charge in [0.25, 0.3) is 0 Å². The SMILES string of the molecule is CNc1ccnc(CCC(F)(F)F)c1. The van der Waals surface area contributed by atoms with E-state index in [-0.39, 0.29) is 6.42 Å². The van der Waals surface area contributed by atoms with Crippen molar-refractivity contribution in [1.29, 1.82) is 0 Å². The summed E-state index contributed by atoms with van der Waals surface area (Å²) in [7, 11) is 1.71. The average Bonchev–Trinajstić information content (AvgIpc) is 2.14. The molecule has 0 unspecified atom stereocenters. The third-order valence-corrected chi connectivity index (χ3v) is 1.77. The van der Waals surface area contributed by atoms with Gasteiger partial charge in [0.1, 0.15) is 0 Å². The van der Waals surface area contributed by atoms with Crippen LogP contribution in [0.25, 0.3) is 0 Å². The van der Waals surface area contributed by atoms with Crippen molar-refractivity contribution >= 4 is 5.69 Å². The summed E-state index contributed by atoms with van der Waals surface area (Å²) in [5.41, 5.74) is 1.23. The van der Waals surface area contributed by atoms with Crippen molar-refractivity contribution in [2.75, 3.05) is 12.4 Å². The van der Waals surface area contributed by atoms with E-state index in [0.29, 0.717) is 5.69 Å². The minimum Gasteiger partial charge on any atom is -0.388 e. The zero-order valence-electron chi connectivity index (χ0n) is 7.73. The summed E-state index contributed by atoms with van der Waals surface area (Å²) in [5, 5.41) is 2.84. The highest BCUT2D eigenvalue weighted by Gasteiger charge is 2.26. The van der Waals surface area contributed by atoms with Gasteiger partial charge in [0.05, 0.1) is 0 Å². The molecule has 0 aromatic carbocycles. The molecule has 78 valence electrons. The number of hydrogen-bond donors (Lipinski definition) is 1. The van der Waals surface area contributed by atoms with Crippen molar-refractivity contribution in [3.8, 4) is 0 Å². The van der Waals surface area contributed by atoms with Crippen molar-refractivity contribution in [3.05, 3.63) is 24.0 Å². The van der Waals surface area contributed by atoms with Gasteiger partial charge in [0.15, 0.2) is 0 Å². The molecule has 0 radical (unpaired) electrons. The Labute approximate surface area is 80.2 Å². The molecule has 1 rings (SSSR count). The predicted molar refractivity (Wildman–Crippen MR) is 48.2 cm³/mol. The van der Waals surface area contributed by atoms with Crippen molar-refractivity contribution in [3.63, 3.8) is 0 Å². The molecule has 1 N–H and O–H groups in total. The van der Waals surface area contributed by atoms with Crippen molar-refractivity contribution < 1.29 is 13.2 Å². The number of alkyl halides is 3. The number of rotatable bonds is 3. The molecule has 1 heterocycles. The van der Waals surface area contributed by atoms with E-state index in [2.05, 4.69) is 10.3 Å². The molecule has 2 nitrogen and oxygen atoms in total. The van der Waals surface area contributed by atoms with E-state index in [1.54, 1.807) is 19.2 Å². The summed E-state index contributed by atoms with van der Waals surface area (Å²) >= 11 is 0. The maximum absolute atomic E-state index is 11.9. The maximum Gasteiger partial charge on any atom is 0.389 e. The fraction of sp³-hybridized carbons (Fsp3) is 0.444. The summed E-state index contributed by atoms with van der Waals surface area (Å²) in [4.78, 5) is 3.85. The number of nitrogens with one attached hydrogen (secondary N) is 1. The molecule has 0 saturated heterocycles.